The van der Waals surface area contributed by atoms with E-state index in [2.05, 4.69) is 46.8 Å². The highest BCUT2D eigenvalue weighted by Crippen LogP contribution is 2.26. The van der Waals surface area contributed by atoms with Crippen LogP contribution in [0.25, 0.3) is 21.7 Å². The van der Waals surface area contributed by atoms with Crippen LogP contribution in [-0.4, -0.2) is 16.6 Å². The number of aromatic nitrogens is 1. The number of hydrogen-bond acceptors (Lipinski definition) is 2. The van der Waals surface area contributed by atoms with Crippen molar-refractivity contribution in [1.82, 2.24) is 10.3 Å². The lowest BCUT2D eigenvalue weighted by atomic mass is 10.0. The molecular weight excluding hydrogens is 296 g/mol. The molecule has 0 spiro atoms. The van der Waals surface area contributed by atoms with Crippen LogP contribution in [0.2, 0.25) is 0 Å². The number of aromatic amines is 1. The van der Waals surface area contributed by atoms with Crippen molar-refractivity contribution in [3.05, 3.63) is 78.0 Å². The average molecular weight is 316 g/mol. The SMILES string of the molecule is Oc1ccc2ccccc2c1CNCCc1c[nH]c2ccccc12. The summed E-state index contributed by atoms with van der Waals surface area (Å²) >= 11 is 0. The van der Waals surface area contributed by atoms with Crippen LogP contribution in [0.5, 0.6) is 5.75 Å². The molecule has 1 aromatic heterocycles. The van der Waals surface area contributed by atoms with Gasteiger partial charge in [-0.1, -0.05) is 48.5 Å². The third-order valence-corrected chi connectivity index (χ3v) is 4.56. The molecule has 0 amide bonds. The molecule has 3 heteroatoms. The molecule has 3 nitrogen and oxygen atoms in total. The summed E-state index contributed by atoms with van der Waals surface area (Å²) in [6, 6.07) is 20.3. The van der Waals surface area contributed by atoms with Crippen molar-refractivity contribution in [1.29, 1.82) is 0 Å². The molecule has 0 atom stereocenters. The largest absolute Gasteiger partial charge is 0.508 e. The second-order valence-electron chi connectivity index (χ2n) is 6.07. The van der Waals surface area contributed by atoms with Crippen LogP contribution in [0.1, 0.15) is 11.1 Å². The summed E-state index contributed by atoms with van der Waals surface area (Å²) in [7, 11) is 0. The maximum atomic E-state index is 10.2. The first kappa shape index (κ1) is 14.8. The predicted molar refractivity (Wildman–Crippen MR) is 99.3 cm³/mol. The summed E-state index contributed by atoms with van der Waals surface area (Å²) in [6.45, 7) is 1.53. The van der Waals surface area contributed by atoms with E-state index in [-0.39, 0.29) is 0 Å². The Hall–Kier alpha value is -2.78. The molecule has 0 saturated carbocycles. The van der Waals surface area contributed by atoms with E-state index in [1.165, 1.54) is 16.5 Å². The van der Waals surface area contributed by atoms with E-state index in [0.717, 1.165) is 29.3 Å². The minimum Gasteiger partial charge on any atom is -0.508 e. The van der Waals surface area contributed by atoms with E-state index in [1.807, 2.05) is 24.3 Å². The second-order valence-corrected chi connectivity index (χ2v) is 6.07. The number of benzene rings is 3. The number of hydrogen-bond donors (Lipinski definition) is 3. The molecule has 0 radical (unpaired) electrons. The fourth-order valence-corrected chi connectivity index (χ4v) is 3.29. The first-order valence-corrected chi connectivity index (χ1v) is 8.28. The standard InChI is InChI=1S/C21H20N2O/c24-21-10-9-15-5-1-2-6-17(15)19(21)14-22-12-11-16-13-23-20-8-4-3-7-18(16)20/h1-10,13,22-24H,11-12,14H2. The topological polar surface area (TPSA) is 48.0 Å². The van der Waals surface area contributed by atoms with Crippen molar-refractivity contribution in [3.63, 3.8) is 0 Å². The number of rotatable bonds is 5. The van der Waals surface area contributed by atoms with E-state index in [0.29, 0.717) is 12.3 Å². The average Bonchev–Trinajstić information content (AvgIpc) is 3.03. The summed E-state index contributed by atoms with van der Waals surface area (Å²) in [5.41, 5.74) is 3.46. The van der Waals surface area contributed by atoms with Crippen molar-refractivity contribution < 1.29 is 5.11 Å². The zero-order valence-corrected chi connectivity index (χ0v) is 13.4. The van der Waals surface area contributed by atoms with Crippen molar-refractivity contribution in [2.45, 2.75) is 13.0 Å². The summed E-state index contributed by atoms with van der Waals surface area (Å²) in [5, 5.41) is 17.2. The lowest BCUT2D eigenvalue weighted by molar-refractivity contribution is 0.466. The van der Waals surface area contributed by atoms with Gasteiger partial charge >= 0.3 is 0 Å². The number of phenolic OH excluding ortho intramolecular Hbond substituents is 1. The fourth-order valence-electron chi connectivity index (χ4n) is 3.29. The van der Waals surface area contributed by atoms with Crippen molar-refractivity contribution in [3.8, 4) is 5.75 Å². The lowest BCUT2D eigenvalue weighted by Gasteiger charge is -2.10. The Balaban J connectivity index is 1.45. The predicted octanol–water partition coefficient (Wildman–Crippen LogP) is 4.36. The third-order valence-electron chi connectivity index (χ3n) is 4.56. The van der Waals surface area contributed by atoms with E-state index in [9.17, 15) is 5.11 Å². The number of H-pyrrole nitrogens is 1. The first-order valence-electron chi connectivity index (χ1n) is 8.28. The number of phenols is 1. The van der Waals surface area contributed by atoms with Crippen LogP contribution < -0.4 is 5.32 Å². The fraction of sp³-hybridized carbons (Fsp3) is 0.143. The molecule has 120 valence electrons. The molecule has 4 aromatic rings. The van der Waals surface area contributed by atoms with Gasteiger partial charge in [0.2, 0.25) is 0 Å². The van der Waals surface area contributed by atoms with Crippen molar-refractivity contribution in [2.75, 3.05) is 6.54 Å². The van der Waals surface area contributed by atoms with Crippen LogP contribution >= 0.6 is 0 Å². The lowest BCUT2D eigenvalue weighted by Crippen LogP contribution is -2.16. The van der Waals surface area contributed by atoms with Gasteiger partial charge in [-0.05, 0) is 41.4 Å². The van der Waals surface area contributed by atoms with Gasteiger partial charge in [0.1, 0.15) is 5.75 Å². The van der Waals surface area contributed by atoms with Crippen LogP contribution in [0.15, 0.2) is 66.9 Å². The highest BCUT2D eigenvalue weighted by molar-refractivity contribution is 5.87. The van der Waals surface area contributed by atoms with Gasteiger partial charge in [0.05, 0.1) is 0 Å². The zero-order chi connectivity index (χ0) is 16.4. The van der Waals surface area contributed by atoms with Crippen molar-refractivity contribution in [2.24, 2.45) is 0 Å². The van der Waals surface area contributed by atoms with Crippen LogP contribution in [0, 0.1) is 0 Å². The van der Waals surface area contributed by atoms with E-state index >= 15 is 0 Å². The summed E-state index contributed by atoms with van der Waals surface area (Å²) < 4.78 is 0. The van der Waals surface area contributed by atoms with Gasteiger partial charge in [-0.2, -0.15) is 0 Å². The van der Waals surface area contributed by atoms with Gasteiger partial charge in [-0.15, -0.1) is 0 Å². The number of fused-ring (bicyclic) bond motifs is 2. The zero-order valence-electron chi connectivity index (χ0n) is 13.4. The Morgan fingerprint density at radius 3 is 2.58 bits per heavy atom. The molecule has 0 bridgehead atoms. The molecular formula is C21H20N2O. The van der Waals surface area contributed by atoms with Crippen LogP contribution in [0.3, 0.4) is 0 Å². The smallest absolute Gasteiger partial charge is 0.120 e. The molecule has 0 aliphatic carbocycles. The second kappa shape index (κ2) is 6.38. The van der Waals surface area contributed by atoms with Gasteiger partial charge in [-0.3, -0.25) is 0 Å². The normalized spacial score (nSPS) is 11.3. The first-order chi connectivity index (χ1) is 11.8. The quantitative estimate of drug-likeness (QED) is 0.479. The van der Waals surface area contributed by atoms with Gasteiger partial charge < -0.3 is 15.4 Å². The molecule has 0 aliphatic rings. The Morgan fingerprint density at radius 2 is 1.67 bits per heavy atom. The molecule has 0 unspecified atom stereocenters. The van der Waals surface area contributed by atoms with Crippen LogP contribution in [0.4, 0.5) is 0 Å². The Bertz CT molecular complexity index is 987. The molecule has 0 aliphatic heterocycles. The maximum absolute atomic E-state index is 10.2. The van der Waals surface area contributed by atoms with Gasteiger partial charge in [0.25, 0.3) is 0 Å². The molecule has 0 fully saturated rings. The molecule has 3 N–H and O–H groups in total. The minimum absolute atomic E-state index is 0.355. The highest BCUT2D eigenvalue weighted by atomic mass is 16.3. The van der Waals surface area contributed by atoms with E-state index in [4.69, 9.17) is 0 Å². The molecule has 0 saturated heterocycles. The third kappa shape index (κ3) is 2.74. The van der Waals surface area contributed by atoms with Gasteiger partial charge in [0, 0.05) is 29.2 Å². The van der Waals surface area contributed by atoms with E-state index in [1.54, 1.807) is 6.07 Å². The van der Waals surface area contributed by atoms with Gasteiger partial charge in [0.15, 0.2) is 0 Å². The maximum Gasteiger partial charge on any atom is 0.120 e. The highest BCUT2D eigenvalue weighted by Gasteiger charge is 2.07. The van der Waals surface area contributed by atoms with Crippen LogP contribution in [-0.2, 0) is 13.0 Å². The number of aromatic hydroxyl groups is 1. The van der Waals surface area contributed by atoms with Gasteiger partial charge in [-0.25, -0.2) is 0 Å². The Morgan fingerprint density at radius 1 is 0.875 bits per heavy atom. The summed E-state index contributed by atoms with van der Waals surface area (Å²) in [6.07, 6.45) is 3.04. The molecule has 4 rings (SSSR count). The molecule has 1 heterocycles. The number of nitrogens with one attached hydrogen (secondary N) is 2. The molecule has 3 aromatic carbocycles. The van der Waals surface area contributed by atoms with Crippen molar-refractivity contribution >= 4 is 21.7 Å². The minimum atomic E-state index is 0.355. The Labute approximate surface area is 140 Å². The monoisotopic (exact) mass is 316 g/mol. The van der Waals surface area contributed by atoms with E-state index < -0.39 is 0 Å². The summed E-state index contributed by atoms with van der Waals surface area (Å²) in [5.74, 6) is 0.355. The Kier molecular flexibility index (Phi) is 3.93. The molecule has 24 heavy (non-hydrogen) atoms. The number of para-hydroxylation sites is 1. The summed E-state index contributed by atoms with van der Waals surface area (Å²) in [4.78, 5) is 3.31.